The van der Waals surface area contributed by atoms with Crippen molar-refractivity contribution in [2.24, 2.45) is 0 Å². The molecule has 54 heavy (non-hydrogen) atoms. The van der Waals surface area contributed by atoms with Crippen molar-refractivity contribution >= 4 is 30.5 Å². The van der Waals surface area contributed by atoms with Gasteiger partial charge in [-0.3, -0.25) is 0 Å². The van der Waals surface area contributed by atoms with Gasteiger partial charge in [0.15, 0.2) is 0 Å². The van der Waals surface area contributed by atoms with Crippen LogP contribution < -0.4 is 15.1 Å². The van der Waals surface area contributed by atoms with Crippen LogP contribution in [0.25, 0.3) is 0 Å². The van der Waals surface area contributed by atoms with Crippen molar-refractivity contribution in [3.63, 3.8) is 0 Å². The second-order valence-electron chi connectivity index (χ2n) is 14.6. The van der Waals surface area contributed by atoms with Gasteiger partial charge in [-0.2, -0.15) is 0 Å². The topological polar surface area (TPSA) is 55.4 Å². The summed E-state index contributed by atoms with van der Waals surface area (Å²) < 4.78 is 40.9. The van der Waals surface area contributed by atoms with E-state index < -0.39 is 32.7 Å². The number of hydrogen-bond donors (Lipinski definition) is 0. The second kappa shape index (κ2) is 19.2. The third kappa shape index (κ3) is 9.73. The molecule has 8 heteroatoms. The van der Waals surface area contributed by atoms with Crippen molar-refractivity contribution < 1.29 is 28.1 Å². The van der Waals surface area contributed by atoms with E-state index in [1.165, 1.54) is 10.4 Å². The third-order valence-electron chi connectivity index (χ3n) is 9.98. The van der Waals surface area contributed by atoms with E-state index in [0.29, 0.717) is 26.4 Å². The maximum atomic E-state index is 7.53. The fraction of sp³-hybridized carbons (Fsp3) is 0.348. The summed E-state index contributed by atoms with van der Waals surface area (Å²) >= 11 is 1.73. The first kappa shape index (κ1) is 39.9. The zero-order chi connectivity index (χ0) is 37.8. The summed E-state index contributed by atoms with van der Waals surface area (Å²) in [5.74, 6) is 1.65. The van der Waals surface area contributed by atoms with Gasteiger partial charge in [-0.15, -0.1) is 11.8 Å². The molecule has 6 nitrogen and oxygen atoms in total. The molecule has 1 fully saturated rings. The summed E-state index contributed by atoms with van der Waals surface area (Å²) in [5, 5.41) is 2.24. The Hall–Kier alpha value is -3.73. The van der Waals surface area contributed by atoms with Crippen LogP contribution in [-0.2, 0) is 43.2 Å². The predicted molar refractivity (Wildman–Crippen MR) is 222 cm³/mol. The van der Waals surface area contributed by atoms with Crippen molar-refractivity contribution in [1.29, 1.82) is 0 Å². The maximum absolute atomic E-state index is 7.53. The van der Waals surface area contributed by atoms with Crippen molar-refractivity contribution in [1.82, 2.24) is 0 Å². The number of ether oxygens (including phenoxy) is 5. The maximum Gasteiger partial charge on any atom is 0.261 e. The zero-order valence-corrected chi connectivity index (χ0v) is 34.0. The van der Waals surface area contributed by atoms with Gasteiger partial charge in [-0.25, -0.2) is 0 Å². The standard InChI is InChI=1S/C46H54O6SSi/c1-6-53-45-44(50-33-37-27-29-38(47-5)30-28-37)43(49-32-36-21-13-8-14-22-36)42(48-31-35-19-11-7-12-20-35)41(52-45)34-51-54(46(2,3)4,39-23-15-9-16-24-39)40-25-17-10-18-26-40/h7-30,41-45H,6,31-34H2,1-5H3/t41-,42-,43+,44+,45-/m1/s1. The molecule has 5 atom stereocenters. The summed E-state index contributed by atoms with van der Waals surface area (Å²) in [5.41, 5.74) is 2.88. The largest absolute Gasteiger partial charge is 0.497 e. The normalized spacial score (nSPS) is 20.4. The molecule has 0 N–H and O–H groups in total. The Morgan fingerprint density at radius 3 is 1.48 bits per heavy atom. The molecular formula is C46H54O6SSi. The second-order valence-corrected chi connectivity index (χ2v) is 20.3. The lowest BCUT2D eigenvalue weighted by atomic mass is 9.99. The van der Waals surface area contributed by atoms with Crippen LogP contribution in [0.3, 0.4) is 0 Å². The molecule has 0 radical (unpaired) electrons. The van der Waals surface area contributed by atoms with Gasteiger partial charge >= 0.3 is 0 Å². The Bertz CT molecular complexity index is 1770. The summed E-state index contributed by atoms with van der Waals surface area (Å²) in [6.45, 7) is 10.6. The highest BCUT2D eigenvalue weighted by atomic mass is 32.2. The average molecular weight is 763 g/mol. The molecule has 1 saturated heterocycles. The SMILES string of the molecule is CCS[C@H]1O[C@H](CO[Si](c2ccccc2)(c2ccccc2)C(C)(C)C)[C@@H](OCc2ccccc2)[C@H](OCc2ccccc2)[C@@H]1OCc1ccc(OC)cc1. The van der Waals surface area contributed by atoms with Crippen molar-refractivity contribution in [3.8, 4) is 5.75 Å². The van der Waals surface area contributed by atoms with E-state index >= 15 is 0 Å². The number of methoxy groups -OCH3 is 1. The van der Waals surface area contributed by atoms with Gasteiger partial charge in [-0.1, -0.05) is 161 Å². The lowest BCUT2D eigenvalue weighted by molar-refractivity contribution is -0.251. The number of rotatable bonds is 17. The zero-order valence-electron chi connectivity index (χ0n) is 32.1. The fourth-order valence-electron chi connectivity index (χ4n) is 7.29. The van der Waals surface area contributed by atoms with E-state index in [0.717, 1.165) is 28.2 Å². The average Bonchev–Trinajstić information content (AvgIpc) is 3.20. The van der Waals surface area contributed by atoms with Gasteiger partial charge in [-0.05, 0) is 50.0 Å². The van der Waals surface area contributed by atoms with Gasteiger partial charge < -0.3 is 28.1 Å². The predicted octanol–water partition coefficient (Wildman–Crippen LogP) is 8.81. The monoisotopic (exact) mass is 762 g/mol. The molecule has 284 valence electrons. The van der Waals surface area contributed by atoms with E-state index in [2.05, 4.69) is 113 Å². The van der Waals surface area contributed by atoms with E-state index in [9.17, 15) is 0 Å². The molecule has 5 aromatic carbocycles. The quantitative estimate of drug-likeness (QED) is 0.0879. The first-order valence-corrected chi connectivity index (χ1v) is 21.9. The lowest BCUT2D eigenvalue weighted by Gasteiger charge is -2.48. The minimum atomic E-state index is -2.89. The van der Waals surface area contributed by atoms with Crippen molar-refractivity contribution in [2.45, 2.75) is 82.4 Å². The van der Waals surface area contributed by atoms with Crippen LogP contribution in [0.2, 0.25) is 5.04 Å². The van der Waals surface area contributed by atoms with Crippen LogP contribution in [0, 0.1) is 0 Å². The van der Waals surface area contributed by atoms with Crippen LogP contribution in [0.1, 0.15) is 44.4 Å². The van der Waals surface area contributed by atoms with Gasteiger partial charge in [0.2, 0.25) is 0 Å². The van der Waals surface area contributed by atoms with Gasteiger partial charge in [0, 0.05) is 0 Å². The van der Waals surface area contributed by atoms with Crippen molar-refractivity contribution in [2.75, 3.05) is 19.5 Å². The Morgan fingerprint density at radius 1 is 0.574 bits per heavy atom. The Morgan fingerprint density at radius 2 is 1.02 bits per heavy atom. The number of benzene rings is 5. The van der Waals surface area contributed by atoms with Gasteiger partial charge in [0.1, 0.15) is 35.6 Å². The van der Waals surface area contributed by atoms with E-state index in [-0.39, 0.29) is 10.5 Å². The molecule has 0 unspecified atom stereocenters. The Labute approximate surface area is 327 Å². The highest BCUT2D eigenvalue weighted by Crippen LogP contribution is 2.39. The molecule has 0 aromatic heterocycles. The molecule has 5 aromatic rings. The Balaban J connectivity index is 1.39. The fourth-order valence-corrected chi connectivity index (χ4v) is 12.8. The molecule has 0 spiro atoms. The molecule has 1 heterocycles. The summed E-state index contributed by atoms with van der Waals surface area (Å²) in [7, 11) is -1.22. The first-order valence-electron chi connectivity index (χ1n) is 18.9. The summed E-state index contributed by atoms with van der Waals surface area (Å²) in [4.78, 5) is 0. The minimum Gasteiger partial charge on any atom is -0.497 e. The Kier molecular flexibility index (Phi) is 14.2. The van der Waals surface area contributed by atoms with E-state index in [4.69, 9.17) is 28.1 Å². The van der Waals surface area contributed by atoms with Crippen LogP contribution in [-0.4, -0.2) is 57.6 Å². The molecule has 0 aliphatic carbocycles. The third-order valence-corrected chi connectivity index (χ3v) is 16.0. The molecular weight excluding hydrogens is 709 g/mol. The van der Waals surface area contributed by atoms with Crippen LogP contribution in [0.5, 0.6) is 5.75 Å². The van der Waals surface area contributed by atoms with Crippen LogP contribution >= 0.6 is 11.8 Å². The van der Waals surface area contributed by atoms with Crippen LogP contribution in [0.4, 0.5) is 0 Å². The molecule has 6 rings (SSSR count). The van der Waals surface area contributed by atoms with Gasteiger partial charge in [0.05, 0.1) is 33.5 Å². The minimum absolute atomic E-state index is 0.199. The highest BCUT2D eigenvalue weighted by Gasteiger charge is 2.53. The molecule has 0 amide bonds. The van der Waals surface area contributed by atoms with E-state index in [1.807, 2.05) is 60.7 Å². The molecule has 0 saturated carbocycles. The summed E-state index contributed by atoms with van der Waals surface area (Å²) in [6, 6.07) is 50.1. The lowest BCUT2D eigenvalue weighted by Crippen LogP contribution is -2.68. The summed E-state index contributed by atoms with van der Waals surface area (Å²) in [6.07, 6.45) is -1.83. The number of hydrogen-bond acceptors (Lipinski definition) is 7. The molecule has 1 aliphatic heterocycles. The van der Waals surface area contributed by atoms with Gasteiger partial charge in [0.25, 0.3) is 8.32 Å². The molecule has 1 aliphatic rings. The van der Waals surface area contributed by atoms with E-state index in [1.54, 1.807) is 18.9 Å². The smallest absolute Gasteiger partial charge is 0.261 e. The highest BCUT2D eigenvalue weighted by molar-refractivity contribution is 7.99. The molecule has 0 bridgehead atoms. The first-order chi connectivity index (χ1) is 26.3. The van der Waals surface area contributed by atoms with Crippen LogP contribution in [0.15, 0.2) is 146 Å². The van der Waals surface area contributed by atoms with Crippen molar-refractivity contribution in [3.05, 3.63) is 162 Å². The number of thioether (sulfide) groups is 1.